The molecule has 0 radical (unpaired) electrons. The van der Waals surface area contributed by atoms with Gasteiger partial charge in [0.15, 0.2) is 0 Å². The summed E-state index contributed by atoms with van der Waals surface area (Å²) in [6, 6.07) is 11.5. The number of hydrogen-bond acceptors (Lipinski definition) is 5. The van der Waals surface area contributed by atoms with E-state index >= 15 is 0 Å². The van der Waals surface area contributed by atoms with E-state index < -0.39 is 0 Å². The molecule has 4 nitrogen and oxygen atoms in total. The first-order chi connectivity index (χ1) is 10.7. The van der Waals surface area contributed by atoms with Gasteiger partial charge in [0.25, 0.3) is 0 Å². The van der Waals surface area contributed by atoms with Gasteiger partial charge in [-0.2, -0.15) is 16.4 Å². The van der Waals surface area contributed by atoms with E-state index in [4.69, 9.17) is 0 Å². The largest absolute Gasteiger partial charge is 0.325 e. The standard InChI is InChI=1S/C16H15N3OS2/c1-11(16(20)17-13-5-3-2-4-6-13)22-15-9-14(18-19-15)12-7-8-21-10-12/h2-8,10-11H,9H2,1H3,(H,17,20). The van der Waals surface area contributed by atoms with Gasteiger partial charge in [0.2, 0.25) is 5.91 Å². The summed E-state index contributed by atoms with van der Waals surface area (Å²) in [6.07, 6.45) is 0.699. The molecule has 6 heteroatoms. The lowest BCUT2D eigenvalue weighted by atomic mass is 10.2. The van der Waals surface area contributed by atoms with Crippen LogP contribution in [0.1, 0.15) is 18.9 Å². The lowest BCUT2D eigenvalue weighted by Crippen LogP contribution is -2.23. The summed E-state index contributed by atoms with van der Waals surface area (Å²) in [5.74, 6) is -0.0251. The first kappa shape index (κ1) is 15.0. The molecule has 0 saturated heterocycles. The Morgan fingerprint density at radius 2 is 2.09 bits per heavy atom. The highest BCUT2D eigenvalue weighted by molar-refractivity contribution is 8.15. The molecular weight excluding hydrogens is 314 g/mol. The number of amides is 1. The summed E-state index contributed by atoms with van der Waals surface area (Å²) in [6.45, 7) is 1.88. The second-order valence-corrected chi connectivity index (χ2v) is 7.04. The Bertz CT molecular complexity index is 708. The third-order valence-corrected chi connectivity index (χ3v) is 4.93. The van der Waals surface area contributed by atoms with E-state index in [0.29, 0.717) is 6.42 Å². The molecule has 1 amide bonds. The Balaban J connectivity index is 1.53. The fourth-order valence-electron chi connectivity index (χ4n) is 2.01. The minimum atomic E-state index is -0.212. The number of thioether (sulfide) groups is 1. The van der Waals surface area contributed by atoms with E-state index in [2.05, 4.69) is 20.9 Å². The highest BCUT2D eigenvalue weighted by Crippen LogP contribution is 2.24. The van der Waals surface area contributed by atoms with Crippen molar-refractivity contribution < 1.29 is 4.79 Å². The predicted octanol–water partition coefficient (Wildman–Crippen LogP) is 4.01. The van der Waals surface area contributed by atoms with Crippen LogP contribution >= 0.6 is 23.1 Å². The number of para-hydroxylation sites is 1. The molecule has 3 rings (SSSR count). The zero-order chi connectivity index (χ0) is 15.4. The van der Waals surface area contributed by atoms with Crippen molar-refractivity contribution in [2.45, 2.75) is 18.6 Å². The van der Waals surface area contributed by atoms with Gasteiger partial charge in [0, 0.05) is 17.7 Å². The fourth-order valence-corrected chi connectivity index (χ4v) is 3.55. The maximum Gasteiger partial charge on any atom is 0.237 e. The zero-order valence-corrected chi connectivity index (χ0v) is 13.7. The summed E-state index contributed by atoms with van der Waals surface area (Å²) in [5, 5.41) is 16.1. The van der Waals surface area contributed by atoms with Crippen LogP contribution in [0.5, 0.6) is 0 Å². The molecule has 0 saturated carbocycles. The summed E-state index contributed by atoms with van der Waals surface area (Å²) < 4.78 is 0. The molecule has 0 bridgehead atoms. The van der Waals surface area contributed by atoms with Crippen LogP contribution in [0.25, 0.3) is 0 Å². The van der Waals surface area contributed by atoms with Crippen molar-refractivity contribution in [3.05, 3.63) is 52.7 Å². The van der Waals surface area contributed by atoms with Crippen molar-refractivity contribution in [3.8, 4) is 0 Å². The number of nitrogens with one attached hydrogen (secondary N) is 1. The van der Waals surface area contributed by atoms with E-state index in [1.807, 2.05) is 48.7 Å². The topological polar surface area (TPSA) is 53.8 Å². The van der Waals surface area contributed by atoms with Gasteiger partial charge in [0.1, 0.15) is 5.04 Å². The van der Waals surface area contributed by atoms with Crippen molar-refractivity contribution in [1.82, 2.24) is 0 Å². The van der Waals surface area contributed by atoms with Gasteiger partial charge in [0.05, 0.1) is 11.0 Å². The monoisotopic (exact) mass is 329 g/mol. The Morgan fingerprint density at radius 1 is 1.27 bits per heavy atom. The Labute approximate surface area is 137 Å². The number of carbonyl (C=O) groups is 1. The van der Waals surface area contributed by atoms with Crippen LogP contribution in [0.4, 0.5) is 5.69 Å². The van der Waals surface area contributed by atoms with Gasteiger partial charge < -0.3 is 5.32 Å². The number of nitrogens with zero attached hydrogens (tertiary/aromatic N) is 2. The molecule has 1 aliphatic heterocycles. The smallest absolute Gasteiger partial charge is 0.237 e. The number of thiophene rings is 1. The van der Waals surface area contributed by atoms with E-state index in [9.17, 15) is 4.79 Å². The number of hydrogen-bond donors (Lipinski definition) is 1. The Morgan fingerprint density at radius 3 is 2.82 bits per heavy atom. The highest BCUT2D eigenvalue weighted by atomic mass is 32.2. The van der Waals surface area contributed by atoms with Gasteiger partial charge in [-0.3, -0.25) is 4.79 Å². The van der Waals surface area contributed by atoms with Crippen molar-refractivity contribution in [3.63, 3.8) is 0 Å². The van der Waals surface area contributed by atoms with Gasteiger partial charge in [-0.1, -0.05) is 30.0 Å². The second-order valence-electron chi connectivity index (χ2n) is 4.84. The average Bonchev–Trinajstić information content (AvgIpc) is 3.19. The lowest BCUT2D eigenvalue weighted by molar-refractivity contribution is -0.115. The molecule has 0 spiro atoms. The molecule has 0 fully saturated rings. The number of carbonyl (C=O) groups excluding carboxylic acids is 1. The van der Waals surface area contributed by atoms with E-state index in [0.717, 1.165) is 22.0 Å². The third-order valence-electron chi connectivity index (χ3n) is 3.18. The maximum atomic E-state index is 12.2. The van der Waals surface area contributed by atoms with Crippen molar-refractivity contribution in [1.29, 1.82) is 0 Å². The molecule has 112 valence electrons. The molecule has 22 heavy (non-hydrogen) atoms. The minimum absolute atomic E-state index is 0.0251. The van der Waals surface area contributed by atoms with Crippen LogP contribution in [-0.2, 0) is 4.79 Å². The quantitative estimate of drug-likeness (QED) is 0.921. The third kappa shape index (κ3) is 3.64. The van der Waals surface area contributed by atoms with Crippen LogP contribution in [0.2, 0.25) is 0 Å². The fraction of sp³-hybridized carbons (Fsp3) is 0.188. The molecule has 2 aromatic rings. The normalized spacial score (nSPS) is 15.1. The summed E-state index contributed by atoms with van der Waals surface area (Å²) in [5.41, 5.74) is 2.90. The van der Waals surface area contributed by atoms with E-state index in [-0.39, 0.29) is 11.2 Å². The molecular formula is C16H15N3OS2. The SMILES string of the molecule is CC(SC1=NN=C(c2ccsc2)C1)C(=O)Nc1ccccc1. The van der Waals surface area contributed by atoms with Crippen LogP contribution in [0.15, 0.2) is 57.4 Å². The van der Waals surface area contributed by atoms with Gasteiger partial charge >= 0.3 is 0 Å². The summed E-state index contributed by atoms with van der Waals surface area (Å²) in [4.78, 5) is 12.2. The van der Waals surface area contributed by atoms with E-state index in [1.54, 1.807) is 11.3 Å². The molecule has 1 unspecified atom stereocenters. The van der Waals surface area contributed by atoms with Gasteiger partial charge in [-0.15, -0.1) is 5.10 Å². The van der Waals surface area contributed by atoms with Crippen LogP contribution in [0.3, 0.4) is 0 Å². The number of benzene rings is 1. The van der Waals surface area contributed by atoms with Crippen molar-refractivity contribution in [2.24, 2.45) is 10.2 Å². The highest BCUT2D eigenvalue weighted by Gasteiger charge is 2.21. The van der Waals surface area contributed by atoms with Crippen LogP contribution < -0.4 is 5.32 Å². The maximum absolute atomic E-state index is 12.2. The Hall–Kier alpha value is -1.92. The number of rotatable bonds is 4. The molecule has 1 aliphatic rings. The molecule has 0 aliphatic carbocycles. The molecule has 1 aromatic carbocycles. The first-order valence-electron chi connectivity index (χ1n) is 6.91. The van der Waals surface area contributed by atoms with Crippen molar-refractivity contribution >= 4 is 45.4 Å². The van der Waals surface area contributed by atoms with Crippen LogP contribution in [-0.4, -0.2) is 21.9 Å². The zero-order valence-electron chi connectivity index (χ0n) is 12.0. The second kappa shape index (κ2) is 6.89. The minimum Gasteiger partial charge on any atom is -0.325 e. The number of anilines is 1. The van der Waals surface area contributed by atoms with Crippen molar-refractivity contribution in [2.75, 3.05) is 5.32 Å². The summed E-state index contributed by atoms with van der Waals surface area (Å²) >= 11 is 3.11. The average molecular weight is 329 g/mol. The first-order valence-corrected chi connectivity index (χ1v) is 8.73. The molecule has 1 atom stereocenters. The molecule has 2 heterocycles. The molecule has 1 N–H and O–H groups in total. The van der Waals surface area contributed by atoms with Gasteiger partial charge in [-0.05, 0) is 35.9 Å². The molecule has 1 aromatic heterocycles. The van der Waals surface area contributed by atoms with Gasteiger partial charge in [-0.25, -0.2) is 0 Å². The predicted molar refractivity (Wildman–Crippen MR) is 95.0 cm³/mol. The summed E-state index contributed by atoms with van der Waals surface area (Å²) in [7, 11) is 0. The lowest BCUT2D eigenvalue weighted by Gasteiger charge is -2.11. The Kier molecular flexibility index (Phi) is 4.70. The van der Waals surface area contributed by atoms with Crippen LogP contribution in [0, 0.1) is 0 Å². The van der Waals surface area contributed by atoms with E-state index in [1.165, 1.54) is 11.8 Å².